The topological polar surface area (TPSA) is 131 Å². The Bertz CT molecular complexity index is 1000. The van der Waals surface area contributed by atoms with Crippen molar-refractivity contribution in [3.8, 4) is 0 Å². The van der Waals surface area contributed by atoms with Crippen LogP contribution >= 0.6 is 0 Å². The van der Waals surface area contributed by atoms with E-state index >= 15 is 0 Å². The third kappa shape index (κ3) is 11.6. The number of nitrogens with one attached hydrogen (secondary N) is 2. The van der Waals surface area contributed by atoms with Crippen molar-refractivity contribution in [2.75, 3.05) is 6.54 Å². The van der Waals surface area contributed by atoms with Crippen LogP contribution in [0, 0.1) is 19.8 Å². The van der Waals surface area contributed by atoms with Crippen molar-refractivity contribution in [2.45, 2.75) is 125 Å². The molecule has 9 nitrogen and oxygen atoms in total. The average Bonchev–Trinajstić information content (AvgIpc) is 2.84. The molecule has 1 rings (SSSR count). The van der Waals surface area contributed by atoms with Gasteiger partial charge in [0.15, 0.2) is 0 Å². The number of benzene rings is 1. The number of nitrogens with zero attached hydrogens (tertiary/aromatic N) is 1. The van der Waals surface area contributed by atoms with E-state index in [0.717, 1.165) is 36.0 Å². The number of carbonyl (C=O) groups is 4. The summed E-state index contributed by atoms with van der Waals surface area (Å²) in [6.07, 6.45) is 2.31. The number of nitrogens with two attached hydrogens (primary N) is 1. The van der Waals surface area contributed by atoms with Crippen LogP contribution in [0.1, 0.15) is 110 Å². The molecule has 3 unspecified atom stereocenters. The lowest BCUT2D eigenvalue weighted by Gasteiger charge is -2.39. The Morgan fingerprint density at radius 2 is 1.68 bits per heavy atom. The third-order valence-electron chi connectivity index (χ3n) is 6.86. The Balaban J connectivity index is 3.69. The van der Waals surface area contributed by atoms with Crippen molar-refractivity contribution in [1.82, 2.24) is 15.5 Å². The maximum atomic E-state index is 14.4. The molecule has 1 aromatic rings. The third-order valence-corrected chi connectivity index (χ3v) is 6.86. The van der Waals surface area contributed by atoms with Gasteiger partial charge in [-0.15, -0.1) is 0 Å². The monoisotopic (exact) mass is 560 g/mol. The van der Waals surface area contributed by atoms with Crippen LogP contribution in [0.5, 0.6) is 0 Å². The molecule has 4 amide bonds. The molecule has 226 valence electrons. The molecule has 0 aromatic heterocycles. The first kappa shape index (κ1) is 34.9. The van der Waals surface area contributed by atoms with E-state index in [0.29, 0.717) is 18.9 Å². The number of rotatable bonds is 15. The summed E-state index contributed by atoms with van der Waals surface area (Å²) in [6.45, 7) is 17.8. The molecule has 0 bridgehead atoms. The lowest BCUT2D eigenvalue weighted by Crippen LogP contribution is -2.56. The first-order chi connectivity index (χ1) is 18.6. The molecule has 0 aliphatic heterocycles. The molecular weight excluding hydrogens is 508 g/mol. The van der Waals surface area contributed by atoms with Crippen molar-refractivity contribution >= 4 is 23.8 Å². The maximum Gasteiger partial charge on any atom is 0.408 e. The number of amides is 4. The van der Waals surface area contributed by atoms with Gasteiger partial charge in [-0.3, -0.25) is 14.4 Å². The van der Waals surface area contributed by atoms with Gasteiger partial charge in [0.2, 0.25) is 17.7 Å². The van der Waals surface area contributed by atoms with Crippen LogP contribution in [0.25, 0.3) is 0 Å². The van der Waals surface area contributed by atoms with Gasteiger partial charge in [0.05, 0.1) is 0 Å². The molecule has 0 spiro atoms. The minimum Gasteiger partial charge on any atom is -0.444 e. The van der Waals surface area contributed by atoms with E-state index in [4.69, 9.17) is 10.5 Å². The van der Waals surface area contributed by atoms with Crippen molar-refractivity contribution in [1.29, 1.82) is 0 Å². The molecule has 0 fully saturated rings. The molecular formula is C31H52N4O5. The fraction of sp³-hybridized carbons (Fsp3) is 0.677. The molecule has 1 aromatic carbocycles. The van der Waals surface area contributed by atoms with E-state index in [1.165, 1.54) is 0 Å². The Morgan fingerprint density at radius 1 is 1.02 bits per heavy atom. The van der Waals surface area contributed by atoms with E-state index in [2.05, 4.69) is 24.5 Å². The minimum atomic E-state index is -1.11. The van der Waals surface area contributed by atoms with Crippen LogP contribution in [-0.4, -0.2) is 52.9 Å². The molecule has 3 atom stereocenters. The van der Waals surface area contributed by atoms with Crippen LogP contribution in [0.2, 0.25) is 0 Å². The highest BCUT2D eigenvalue weighted by atomic mass is 16.6. The van der Waals surface area contributed by atoms with Crippen molar-refractivity contribution in [2.24, 2.45) is 11.7 Å². The highest BCUT2D eigenvalue weighted by Crippen LogP contribution is 2.31. The molecule has 0 aliphatic rings. The van der Waals surface area contributed by atoms with Gasteiger partial charge in [-0.05, 0) is 89.8 Å². The second-order valence-electron chi connectivity index (χ2n) is 12.1. The summed E-state index contributed by atoms with van der Waals surface area (Å²) < 4.78 is 5.42. The lowest BCUT2D eigenvalue weighted by atomic mass is 9.92. The van der Waals surface area contributed by atoms with E-state index < -0.39 is 35.6 Å². The summed E-state index contributed by atoms with van der Waals surface area (Å²) in [6, 6.07) is 3.35. The van der Waals surface area contributed by atoms with Gasteiger partial charge in [0, 0.05) is 19.0 Å². The highest BCUT2D eigenvalue weighted by molar-refractivity contribution is 5.93. The summed E-state index contributed by atoms with van der Waals surface area (Å²) in [4.78, 5) is 54.4. The van der Waals surface area contributed by atoms with Gasteiger partial charge < -0.3 is 26.0 Å². The highest BCUT2D eigenvalue weighted by Gasteiger charge is 2.39. The molecule has 40 heavy (non-hydrogen) atoms. The van der Waals surface area contributed by atoms with Crippen molar-refractivity contribution < 1.29 is 23.9 Å². The van der Waals surface area contributed by atoms with Gasteiger partial charge in [-0.2, -0.15) is 0 Å². The molecule has 0 heterocycles. The summed E-state index contributed by atoms with van der Waals surface area (Å²) in [5.74, 6) is -0.938. The molecule has 0 radical (unpaired) electrons. The van der Waals surface area contributed by atoms with Gasteiger partial charge in [0.25, 0.3) is 0 Å². The summed E-state index contributed by atoms with van der Waals surface area (Å²) >= 11 is 0. The number of ether oxygens (including phenoxy) is 1. The van der Waals surface area contributed by atoms with Gasteiger partial charge in [-0.25, -0.2) is 4.79 Å². The normalized spacial score (nSPS) is 13.8. The summed E-state index contributed by atoms with van der Waals surface area (Å²) in [5.41, 5.74) is 7.28. The maximum absolute atomic E-state index is 14.4. The van der Waals surface area contributed by atoms with Crippen LogP contribution < -0.4 is 16.4 Å². The van der Waals surface area contributed by atoms with Crippen LogP contribution in [0.15, 0.2) is 18.2 Å². The quantitative estimate of drug-likeness (QED) is 0.258. The second-order valence-corrected chi connectivity index (χ2v) is 12.1. The lowest BCUT2D eigenvalue weighted by molar-refractivity contribution is -0.145. The van der Waals surface area contributed by atoms with Gasteiger partial charge in [-0.1, -0.05) is 45.4 Å². The predicted octanol–water partition coefficient (Wildman–Crippen LogP) is 5.07. The van der Waals surface area contributed by atoms with E-state index in [9.17, 15) is 19.2 Å². The smallest absolute Gasteiger partial charge is 0.408 e. The van der Waals surface area contributed by atoms with E-state index in [1.807, 2.05) is 45.9 Å². The molecule has 4 N–H and O–H groups in total. The average molecular weight is 561 g/mol. The number of primary amides is 1. The van der Waals surface area contributed by atoms with E-state index in [-0.39, 0.29) is 24.8 Å². The molecule has 0 aliphatic carbocycles. The van der Waals surface area contributed by atoms with Crippen molar-refractivity contribution in [3.63, 3.8) is 0 Å². The molecule has 9 heteroatoms. The fourth-order valence-corrected chi connectivity index (χ4v) is 4.46. The summed E-state index contributed by atoms with van der Waals surface area (Å²) in [5, 5.41) is 5.69. The number of hydrogen-bond donors (Lipinski definition) is 3. The van der Waals surface area contributed by atoms with Crippen LogP contribution in [0.4, 0.5) is 4.79 Å². The predicted molar refractivity (Wildman–Crippen MR) is 159 cm³/mol. The Labute approximate surface area is 241 Å². The first-order valence-corrected chi connectivity index (χ1v) is 14.5. The largest absolute Gasteiger partial charge is 0.444 e. The number of hydrogen-bond acceptors (Lipinski definition) is 5. The zero-order valence-electron chi connectivity index (χ0n) is 26.1. The molecule has 0 saturated heterocycles. The standard InChI is InChI=1S/C31H52N4O5/c1-10-11-19-33-28(37)27(24-14-12-13-21(4)23(24)6)35(22(5)16-15-20(2)3)29(38)25(17-18-26(32)36)34-30(39)40-31(7,8)9/h12-14,20,22,25,27H,10-11,15-19H2,1-9H3,(H2,32,36)(H,33,37)(H,34,39). The van der Waals surface area contributed by atoms with Crippen LogP contribution in [0.3, 0.4) is 0 Å². The number of aryl methyl sites for hydroxylation is 1. The van der Waals surface area contributed by atoms with Gasteiger partial charge >= 0.3 is 6.09 Å². The van der Waals surface area contributed by atoms with Crippen molar-refractivity contribution in [3.05, 3.63) is 34.9 Å². The number of alkyl carbamates (subject to hydrolysis) is 1. The SMILES string of the molecule is CCCCNC(=O)C(c1cccc(C)c1C)N(C(=O)C(CCC(N)=O)NC(=O)OC(C)(C)C)C(C)CCC(C)C. The zero-order valence-corrected chi connectivity index (χ0v) is 26.1. The summed E-state index contributed by atoms with van der Waals surface area (Å²) in [7, 11) is 0. The molecule has 0 saturated carbocycles. The Morgan fingerprint density at radius 3 is 2.23 bits per heavy atom. The first-order valence-electron chi connectivity index (χ1n) is 14.5. The van der Waals surface area contributed by atoms with E-state index in [1.54, 1.807) is 25.7 Å². The minimum absolute atomic E-state index is 0.0161. The Kier molecular flexibility index (Phi) is 14.2. The number of unbranched alkanes of at least 4 members (excludes halogenated alkanes) is 1. The fourth-order valence-electron chi connectivity index (χ4n) is 4.46. The Hall–Kier alpha value is -3.10. The number of carbonyl (C=O) groups excluding carboxylic acids is 4. The van der Waals surface area contributed by atoms with Gasteiger partial charge in [0.1, 0.15) is 17.7 Å². The second kappa shape index (κ2) is 16.2. The zero-order chi connectivity index (χ0) is 30.6. The van der Waals surface area contributed by atoms with Crippen LogP contribution in [-0.2, 0) is 19.1 Å².